The number of fused-ring (bicyclic) bond motifs is 1. The molecule has 10 atom stereocenters. The number of nitrogens with zero attached hydrogens (tertiary/aromatic N) is 1. The number of para-hydroxylation sites is 1. The highest BCUT2D eigenvalue weighted by Crippen LogP contribution is 2.24. The molecule has 1 saturated heterocycles. The van der Waals surface area contributed by atoms with Crippen LogP contribution in [0.25, 0.3) is 10.9 Å². The van der Waals surface area contributed by atoms with Crippen molar-refractivity contribution in [2.75, 3.05) is 13.1 Å². The van der Waals surface area contributed by atoms with Crippen LogP contribution in [0.5, 0.6) is 0 Å². The Morgan fingerprint density at radius 2 is 1.26 bits per heavy atom. The molecule has 9 amide bonds. The van der Waals surface area contributed by atoms with Gasteiger partial charge in [0, 0.05) is 36.5 Å². The van der Waals surface area contributed by atoms with Gasteiger partial charge in [-0.15, -0.1) is 0 Å². The zero-order valence-corrected chi connectivity index (χ0v) is 47.7. The van der Waals surface area contributed by atoms with E-state index >= 15 is 4.79 Å². The van der Waals surface area contributed by atoms with Gasteiger partial charge in [-0.25, -0.2) is 4.79 Å². The number of unbranched alkanes of at least 4 members (excludes halogenated alkanes) is 1. The lowest BCUT2D eigenvalue weighted by molar-refractivity contribution is -0.144. The average Bonchev–Trinajstić information content (AvgIpc) is 4.18. The zero-order chi connectivity index (χ0) is 60.8. The van der Waals surface area contributed by atoms with Crippen molar-refractivity contribution in [3.05, 3.63) is 71.9 Å². The van der Waals surface area contributed by atoms with Crippen molar-refractivity contribution in [1.82, 2.24) is 47.1 Å². The fourth-order valence-corrected chi connectivity index (χ4v) is 9.67. The molecule has 3 aromatic rings. The highest BCUT2D eigenvalue weighted by Gasteiger charge is 2.41. The Morgan fingerprint density at radius 1 is 0.671 bits per heavy atom. The van der Waals surface area contributed by atoms with Gasteiger partial charge in [0.15, 0.2) is 0 Å². The van der Waals surface area contributed by atoms with Gasteiger partial charge in [0.1, 0.15) is 48.3 Å². The van der Waals surface area contributed by atoms with Gasteiger partial charge in [0.2, 0.25) is 53.2 Å². The number of hydrogen-bond acceptors (Lipinski definition) is 13. The van der Waals surface area contributed by atoms with E-state index in [1.807, 2.05) is 69.3 Å². The van der Waals surface area contributed by atoms with Crippen molar-refractivity contribution >= 4 is 76.0 Å². The Kier molecular flexibility index (Phi) is 26.4. The van der Waals surface area contributed by atoms with E-state index in [1.165, 1.54) is 4.90 Å². The zero-order valence-electron chi connectivity index (χ0n) is 47.7. The first-order valence-electron chi connectivity index (χ1n) is 28.1. The molecule has 25 heteroatoms. The fraction of sp³-hybridized carbons (Fsp3) is 0.561. The Balaban J connectivity index is 1.61. The van der Waals surface area contributed by atoms with Crippen LogP contribution in [0.4, 0.5) is 0 Å². The van der Waals surface area contributed by atoms with Crippen LogP contribution in [0.2, 0.25) is 0 Å². The number of amides is 9. The first kappa shape index (κ1) is 66.6. The third-order valence-electron chi connectivity index (χ3n) is 14.4. The summed E-state index contributed by atoms with van der Waals surface area (Å²) in [5.41, 5.74) is 19.6. The number of carbonyl (C=O) groups is 11. The Hall–Kier alpha value is -7.93. The number of H-pyrrole nitrogens is 1. The molecule has 16 N–H and O–H groups in total. The number of rotatable bonds is 34. The SMILES string of the molecule is CC[C@H](C)[C@H](NC(=O)[C@H](CC(C)C)NC(=O)[C@@H](N)Cc1ccccc1)C(=O)N[C@@H](Cc1c[nH]c2ccccc12)C(=O)N1CCC[C@H]1C(=O)N[C@@H](CCC(=O)O)C(=O)N[C@@H](CC(N)=O)C(=O)N[C@@H](CCCCN)C(=O)N[C@H](C(=O)O)C(C)C. The van der Waals surface area contributed by atoms with Gasteiger partial charge in [-0.3, -0.25) is 47.9 Å². The van der Waals surface area contributed by atoms with Crippen LogP contribution in [0, 0.1) is 17.8 Å². The minimum Gasteiger partial charge on any atom is -0.481 e. The molecule has 2 heterocycles. The van der Waals surface area contributed by atoms with Gasteiger partial charge in [-0.2, -0.15) is 0 Å². The Bertz CT molecular complexity index is 2700. The van der Waals surface area contributed by atoms with Crippen molar-refractivity contribution in [1.29, 1.82) is 0 Å². The molecule has 1 aromatic heterocycles. The molecule has 2 aromatic carbocycles. The number of nitrogens with two attached hydrogens (primary N) is 3. The molecule has 82 heavy (non-hydrogen) atoms. The molecular weight excluding hydrogens is 1060 g/mol. The van der Waals surface area contributed by atoms with E-state index in [1.54, 1.807) is 33.0 Å². The smallest absolute Gasteiger partial charge is 0.326 e. The maximum absolute atomic E-state index is 15.1. The van der Waals surface area contributed by atoms with Crippen LogP contribution in [0.15, 0.2) is 60.8 Å². The summed E-state index contributed by atoms with van der Waals surface area (Å²) in [6.45, 7) is 10.7. The summed E-state index contributed by atoms with van der Waals surface area (Å²) >= 11 is 0. The third kappa shape index (κ3) is 20.3. The highest BCUT2D eigenvalue weighted by molar-refractivity contribution is 5.99. The largest absolute Gasteiger partial charge is 0.481 e. The lowest BCUT2D eigenvalue weighted by Gasteiger charge is -2.32. The molecule has 0 radical (unpaired) electrons. The maximum Gasteiger partial charge on any atom is 0.326 e. The summed E-state index contributed by atoms with van der Waals surface area (Å²) in [5.74, 6) is -11.4. The minimum absolute atomic E-state index is 0.0163. The third-order valence-corrected chi connectivity index (χ3v) is 14.4. The Labute approximate surface area is 477 Å². The number of likely N-dealkylation sites (tertiary alicyclic amines) is 1. The summed E-state index contributed by atoms with van der Waals surface area (Å²) < 4.78 is 0. The van der Waals surface area contributed by atoms with Crippen LogP contribution < -0.4 is 54.4 Å². The molecule has 4 rings (SSSR count). The van der Waals surface area contributed by atoms with E-state index < -0.39 is 151 Å². The molecule has 450 valence electrons. The lowest BCUT2D eigenvalue weighted by Crippen LogP contribution is -2.61. The van der Waals surface area contributed by atoms with Gasteiger partial charge < -0.3 is 74.5 Å². The summed E-state index contributed by atoms with van der Waals surface area (Å²) in [6.07, 6.45) is 1.50. The van der Waals surface area contributed by atoms with Crippen LogP contribution in [-0.2, 0) is 65.6 Å². The predicted molar refractivity (Wildman–Crippen MR) is 303 cm³/mol. The first-order chi connectivity index (χ1) is 38.8. The molecule has 1 aliphatic heterocycles. The number of carboxylic acid groups (broad SMARTS) is 2. The van der Waals surface area contributed by atoms with Gasteiger partial charge in [-0.05, 0) is 92.9 Å². The van der Waals surface area contributed by atoms with Crippen molar-refractivity contribution in [3.63, 3.8) is 0 Å². The van der Waals surface area contributed by atoms with Crippen molar-refractivity contribution in [2.45, 2.75) is 173 Å². The first-order valence-corrected chi connectivity index (χ1v) is 28.1. The number of primary amides is 1. The van der Waals surface area contributed by atoms with E-state index in [2.05, 4.69) is 42.2 Å². The normalized spacial score (nSPS) is 16.5. The maximum atomic E-state index is 15.1. The van der Waals surface area contributed by atoms with E-state index in [4.69, 9.17) is 17.2 Å². The number of aliphatic carboxylic acids is 2. The highest BCUT2D eigenvalue weighted by atomic mass is 16.4. The average molecular weight is 1150 g/mol. The van der Waals surface area contributed by atoms with Crippen LogP contribution in [0.1, 0.15) is 117 Å². The summed E-state index contributed by atoms with van der Waals surface area (Å²) in [5, 5.41) is 38.4. The molecule has 0 aliphatic carbocycles. The fourth-order valence-electron chi connectivity index (χ4n) is 9.67. The standard InChI is InChI=1S/C57H84N12O13/c1-7-33(6)48(68-53(77)41(26-31(2)3)64-49(73)37(59)27-34-16-9-8-10-17-34)55(79)66-43(28-35-30-61-38-19-12-11-18-36(35)38)56(80)69-25-15-21-44(69)54(78)63-40(22-23-46(71)72)50(74)65-42(29-45(60)70)52(76)62-39(20-13-14-24-58)51(75)67-47(32(4)5)57(81)82/h8-12,16-19,30-33,37,39-44,47-48,61H,7,13-15,20-29,58-59H2,1-6H3,(H2,60,70)(H,62,76)(H,63,78)(H,64,73)(H,65,74)(H,66,79)(H,67,75)(H,68,77)(H,71,72)(H,81,82)/t33-,37-,39-,40-,41-,42-,43-,44-,47-,48-/m0/s1. The molecule has 0 unspecified atom stereocenters. The van der Waals surface area contributed by atoms with Crippen molar-refractivity contribution in [3.8, 4) is 0 Å². The van der Waals surface area contributed by atoms with E-state index in [0.717, 1.165) is 16.5 Å². The van der Waals surface area contributed by atoms with Crippen LogP contribution >= 0.6 is 0 Å². The van der Waals surface area contributed by atoms with Gasteiger partial charge >= 0.3 is 11.9 Å². The van der Waals surface area contributed by atoms with Crippen molar-refractivity contribution < 1.29 is 63.0 Å². The van der Waals surface area contributed by atoms with E-state index in [-0.39, 0.29) is 51.1 Å². The minimum atomic E-state index is -1.77. The number of nitrogens with one attached hydrogen (secondary N) is 8. The molecule has 1 fully saturated rings. The topological polar surface area (TPSA) is 410 Å². The second-order valence-electron chi connectivity index (χ2n) is 21.8. The lowest BCUT2D eigenvalue weighted by atomic mass is 9.95. The number of carboxylic acids is 2. The summed E-state index contributed by atoms with van der Waals surface area (Å²) in [7, 11) is 0. The second kappa shape index (κ2) is 32.5. The second-order valence-corrected chi connectivity index (χ2v) is 21.8. The van der Waals surface area contributed by atoms with E-state index in [9.17, 15) is 58.2 Å². The van der Waals surface area contributed by atoms with Gasteiger partial charge in [0.05, 0.1) is 12.5 Å². The Morgan fingerprint density at radius 3 is 1.88 bits per heavy atom. The van der Waals surface area contributed by atoms with Gasteiger partial charge in [-0.1, -0.05) is 96.5 Å². The summed E-state index contributed by atoms with van der Waals surface area (Å²) in [6, 6.07) is 4.38. The quantitative estimate of drug-likeness (QED) is 0.0359. The monoisotopic (exact) mass is 1140 g/mol. The number of aromatic amines is 1. The van der Waals surface area contributed by atoms with Gasteiger partial charge in [0.25, 0.3) is 0 Å². The molecular formula is C57H84N12O13. The van der Waals surface area contributed by atoms with Crippen LogP contribution in [0.3, 0.4) is 0 Å². The number of benzene rings is 2. The van der Waals surface area contributed by atoms with Crippen molar-refractivity contribution in [2.24, 2.45) is 35.0 Å². The predicted octanol–water partition coefficient (Wildman–Crippen LogP) is 0.367. The number of carbonyl (C=O) groups excluding carboxylic acids is 9. The number of aromatic nitrogens is 1. The van der Waals surface area contributed by atoms with E-state index in [0.29, 0.717) is 31.2 Å². The van der Waals surface area contributed by atoms with Crippen LogP contribution in [-0.4, -0.2) is 153 Å². The molecule has 25 nitrogen and oxygen atoms in total. The molecule has 1 aliphatic rings. The number of hydrogen-bond donors (Lipinski definition) is 13. The summed E-state index contributed by atoms with van der Waals surface area (Å²) in [4.78, 5) is 154. The molecule has 0 saturated carbocycles. The molecule has 0 spiro atoms. The molecule has 0 bridgehead atoms.